The summed E-state index contributed by atoms with van der Waals surface area (Å²) in [5.41, 5.74) is 2.50. The number of imidazole rings is 1. The number of aromatic nitrogens is 6. The van der Waals surface area contributed by atoms with Gasteiger partial charge in [-0.3, -0.25) is 14.0 Å². The second-order valence-electron chi connectivity index (χ2n) is 7.59. The van der Waals surface area contributed by atoms with Gasteiger partial charge in [-0.25, -0.2) is 24.3 Å². The minimum atomic E-state index is -0.745. The van der Waals surface area contributed by atoms with Gasteiger partial charge in [-0.15, -0.1) is 11.3 Å². The fraction of sp³-hybridized carbons (Fsp3) is 0.217. The highest BCUT2D eigenvalue weighted by Crippen LogP contribution is 2.30. The van der Waals surface area contributed by atoms with Crippen molar-refractivity contribution in [2.24, 2.45) is 0 Å². The summed E-state index contributed by atoms with van der Waals surface area (Å²) in [6.45, 7) is 5.28. The number of aliphatic carboxylic acids is 1. The van der Waals surface area contributed by atoms with Crippen LogP contribution >= 0.6 is 11.3 Å². The van der Waals surface area contributed by atoms with E-state index in [1.807, 2.05) is 19.2 Å². The SMILES string of the molecule is CCC(=O)O.Cc1csc2nc(C(C)Nc3ncnc4nc[nH]c34)c(-c3ccccc3F)c(=O)n12. The molecule has 1 unspecified atom stereocenters. The smallest absolute Gasteiger partial charge is 0.303 e. The molecule has 0 aliphatic carbocycles. The van der Waals surface area contributed by atoms with Crippen LogP contribution in [0.3, 0.4) is 0 Å². The molecule has 0 saturated heterocycles. The van der Waals surface area contributed by atoms with Gasteiger partial charge in [-0.1, -0.05) is 25.1 Å². The minimum absolute atomic E-state index is 0.216. The van der Waals surface area contributed by atoms with Gasteiger partial charge >= 0.3 is 5.97 Å². The van der Waals surface area contributed by atoms with Gasteiger partial charge in [0.25, 0.3) is 5.56 Å². The van der Waals surface area contributed by atoms with E-state index in [9.17, 15) is 14.0 Å². The molecule has 0 radical (unpaired) electrons. The van der Waals surface area contributed by atoms with E-state index < -0.39 is 17.8 Å². The molecule has 0 amide bonds. The molecule has 35 heavy (non-hydrogen) atoms. The molecule has 10 nitrogen and oxygen atoms in total. The Balaban J connectivity index is 0.000000527. The van der Waals surface area contributed by atoms with E-state index in [0.29, 0.717) is 27.6 Å². The Bertz CT molecular complexity index is 1580. The molecule has 180 valence electrons. The van der Waals surface area contributed by atoms with Gasteiger partial charge in [-0.05, 0) is 19.9 Å². The van der Waals surface area contributed by atoms with E-state index in [2.05, 4.69) is 25.3 Å². The topological polar surface area (TPSA) is 138 Å². The zero-order valence-corrected chi connectivity index (χ0v) is 19.9. The third-order valence-electron chi connectivity index (χ3n) is 5.20. The summed E-state index contributed by atoms with van der Waals surface area (Å²) in [7, 11) is 0. The largest absolute Gasteiger partial charge is 0.481 e. The van der Waals surface area contributed by atoms with Crippen molar-refractivity contribution < 1.29 is 14.3 Å². The number of aryl methyl sites for hydroxylation is 1. The quantitative estimate of drug-likeness (QED) is 0.330. The molecule has 12 heteroatoms. The van der Waals surface area contributed by atoms with E-state index in [1.54, 1.807) is 25.1 Å². The van der Waals surface area contributed by atoms with E-state index >= 15 is 0 Å². The number of anilines is 1. The summed E-state index contributed by atoms with van der Waals surface area (Å²) in [6.07, 6.45) is 3.16. The van der Waals surface area contributed by atoms with Crippen molar-refractivity contribution in [1.82, 2.24) is 29.3 Å². The number of hydrogen-bond acceptors (Lipinski definition) is 8. The van der Waals surface area contributed by atoms with Crippen LogP contribution in [-0.4, -0.2) is 40.4 Å². The molecular weight excluding hydrogens is 473 g/mol. The number of thiazole rings is 1. The lowest BCUT2D eigenvalue weighted by Crippen LogP contribution is -2.23. The second-order valence-corrected chi connectivity index (χ2v) is 8.43. The zero-order chi connectivity index (χ0) is 25.1. The molecule has 5 aromatic rings. The van der Waals surface area contributed by atoms with Crippen LogP contribution in [0.5, 0.6) is 0 Å². The number of hydrogen-bond donors (Lipinski definition) is 3. The fourth-order valence-corrected chi connectivity index (χ4v) is 4.34. The van der Waals surface area contributed by atoms with E-state index in [4.69, 9.17) is 10.1 Å². The second kappa shape index (κ2) is 9.97. The Kier molecular flexibility index (Phi) is 6.82. The third-order valence-corrected chi connectivity index (χ3v) is 6.14. The summed E-state index contributed by atoms with van der Waals surface area (Å²) in [5, 5.41) is 12.8. The molecule has 0 spiro atoms. The number of nitrogens with zero attached hydrogens (tertiary/aromatic N) is 5. The highest BCUT2D eigenvalue weighted by molar-refractivity contribution is 7.15. The number of benzene rings is 1. The van der Waals surface area contributed by atoms with Crippen molar-refractivity contribution in [3.63, 3.8) is 0 Å². The first-order valence-corrected chi connectivity index (χ1v) is 11.6. The number of fused-ring (bicyclic) bond motifs is 2. The highest BCUT2D eigenvalue weighted by Gasteiger charge is 2.23. The molecule has 0 aliphatic rings. The van der Waals surface area contributed by atoms with Crippen LogP contribution in [0.1, 0.15) is 37.7 Å². The third kappa shape index (κ3) is 4.73. The highest BCUT2D eigenvalue weighted by atomic mass is 32.1. The molecule has 0 aliphatic heterocycles. The molecule has 0 fully saturated rings. The number of carboxylic acid groups (broad SMARTS) is 1. The van der Waals surface area contributed by atoms with Crippen LogP contribution in [-0.2, 0) is 4.79 Å². The molecule has 0 bridgehead atoms. The van der Waals surface area contributed by atoms with Gasteiger partial charge < -0.3 is 15.4 Å². The van der Waals surface area contributed by atoms with Crippen LogP contribution in [0.15, 0.2) is 47.1 Å². The molecule has 3 N–H and O–H groups in total. The number of carboxylic acids is 1. The standard InChI is InChI=1S/C20H16FN7OS.C3H6O2/c1-10-7-30-20-27-15(11(2)26-18-16-17(23-8-22-16)24-9-25-18)14(19(29)28(10)20)12-5-3-4-6-13(12)21;1-2-3(4)5/h3-9,11H,1-2H3,(H2,22,23,24,25,26);2H2,1H3,(H,4,5). The van der Waals surface area contributed by atoms with Gasteiger partial charge in [0, 0.05) is 23.1 Å². The minimum Gasteiger partial charge on any atom is -0.481 e. The maximum Gasteiger partial charge on any atom is 0.303 e. The van der Waals surface area contributed by atoms with Crippen LogP contribution in [0.4, 0.5) is 10.2 Å². The Morgan fingerprint density at radius 3 is 2.74 bits per heavy atom. The predicted octanol–water partition coefficient (Wildman–Crippen LogP) is 4.19. The van der Waals surface area contributed by atoms with Crippen LogP contribution < -0.4 is 10.9 Å². The number of H-pyrrole nitrogens is 1. The van der Waals surface area contributed by atoms with E-state index in [1.165, 1.54) is 34.5 Å². The Labute approximate surface area is 202 Å². The molecular formula is C23H22FN7O3S. The van der Waals surface area contributed by atoms with Gasteiger partial charge in [0.05, 0.1) is 23.6 Å². The first-order chi connectivity index (χ1) is 16.8. The maximum absolute atomic E-state index is 14.7. The fourth-order valence-electron chi connectivity index (χ4n) is 3.48. The van der Waals surface area contributed by atoms with Crippen molar-refractivity contribution in [1.29, 1.82) is 0 Å². The maximum atomic E-state index is 14.7. The van der Waals surface area contributed by atoms with Crippen molar-refractivity contribution in [3.05, 3.63) is 69.9 Å². The molecule has 4 aromatic heterocycles. The lowest BCUT2D eigenvalue weighted by atomic mass is 10.0. The Hall–Kier alpha value is -4.19. The predicted molar refractivity (Wildman–Crippen MR) is 131 cm³/mol. The van der Waals surface area contributed by atoms with Gasteiger partial charge in [0.2, 0.25) is 0 Å². The van der Waals surface area contributed by atoms with Gasteiger partial charge in [-0.2, -0.15) is 0 Å². The Morgan fingerprint density at radius 1 is 1.29 bits per heavy atom. The van der Waals surface area contributed by atoms with Crippen molar-refractivity contribution >= 4 is 39.2 Å². The average molecular weight is 496 g/mol. The first kappa shape index (κ1) is 24.0. The Morgan fingerprint density at radius 2 is 2.03 bits per heavy atom. The normalized spacial score (nSPS) is 11.8. The molecule has 4 heterocycles. The first-order valence-electron chi connectivity index (χ1n) is 10.7. The number of rotatable bonds is 5. The van der Waals surface area contributed by atoms with Crippen LogP contribution in [0, 0.1) is 12.7 Å². The molecule has 5 rings (SSSR count). The molecule has 0 saturated carbocycles. The van der Waals surface area contributed by atoms with Crippen LogP contribution in [0.2, 0.25) is 0 Å². The number of halogens is 1. The summed E-state index contributed by atoms with van der Waals surface area (Å²) >= 11 is 1.37. The summed E-state index contributed by atoms with van der Waals surface area (Å²) in [4.78, 5) is 43.6. The summed E-state index contributed by atoms with van der Waals surface area (Å²) < 4.78 is 16.2. The van der Waals surface area contributed by atoms with Crippen molar-refractivity contribution in [3.8, 4) is 11.1 Å². The monoisotopic (exact) mass is 495 g/mol. The number of aromatic amines is 1. The lowest BCUT2D eigenvalue weighted by Gasteiger charge is -2.18. The van der Waals surface area contributed by atoms with E-state index in [-0.39, 0.29) is 23.1 Å². The number of nitrogens with one attached hydrogen (secondary N) is 2. The summed E-state index contributed by atoms with van der Waals surface area (Å²) in [5.74, 6) is -0.700. The van der Waals surface area contributed by atoms with Crippen molar-refractivity contribution in [2.75, 3.05) is 5.32 Å². The average Bonchev–Trinajstić information content (AvgIpc) is 3.47. The van der Waals surface area contributed by atoms with E-state index in [0.717, 1.165) is 5.69 Å². The molecule has 1 atom stereocenters. The molecule has 1 aromatic carbocycles. The van der Waals surface area contributed by atoms with Gasteiger partial charge in [0.15, 0.2) is 16.4 Å². The summed E-state index contributed by atoms with van der Waals surface area (Å²) in [6, 6.07) is 5.78. The van der Waals surface area contributed by atoms with Crippen LogP contribution in [0.25, 0.3) is 27.3 Å². The van der Waals surface area contributed by atoms with Gasteiger partial charge in [0.1, 0.15) is 17.7 Å². The lowest BCUT2D eigenvalue weighted by molar-refractivity contribution is -0.136. The zero-order valence-electron chi connectivity index (χ0n) is 19.1. The van der Waals surface area contributed by atoms with Crippen molar-refractivity contribution in [2.45, 2.75) is 33.2 Å². The number of carbonyl (C=O) groups is 1.